The van der Waals surface area contributed by atoms with Crippen molar-refractivity contribution in [1.29, 1.82) is 0 Å². The standard InChI is InChI=1S/C36H62N4O11/c1-26(41)27(21-24-33(45)40-28(35(48)49)20-23-30(37)42)38-32(44)25-22-29(36(50)51)39-31(43)18-16-14-12-10-8-6-4-2-3-5-7-9-11-13-15-17-19-34(46)47/h27-29,41H,1-25H2,(H2,37,42)(H,38,44)(H,39,43)(H,40,45)(H,46,47)(H,48,49)(H,50,51)/t27-,28-,29-/m0/s1. The number of unbranched alkanes of at least 4 members (excludes halogenated alkanes) is 15. The van der Waals surface area contributed by atoms with Crippen LogP contribution in [-0.4, -0.2) is 80.1 Å². The van der Waals surface area contributed by atoms with E-state index < -0.39 is 65.4 Å². The molecule has 0 saturated heterocycles. The third kappa shape index (κ3) is 28.2. The maximum absolute atomic E-state index is 12.5. The number of nitrogens with two attached hydrogens (primary N) is 1. The van der Waals surface area contributed by atoms with Crippen LogP contribution in [-0.2, 0) is 33.6 Å². The van der Waals surface area contributed by atoms with Crippen LogP contribution in [0.15, 0.2) is 12.3 Å². The molecule has 4 amide bonds. The molecule has 0 saturated carbocycles. The van der Waals surface area contributed by atoms with Gasteiger partial charge in [-0.15, -0.1) is 0 Å². The van der Waals surface area contributed by atoms with Gasteiger partial charge in [-0.1, -0.05) is 96.5 Å². The van der Waals surface area contributed by atoms with E-state index in [1.165, 1.54) is 51.4 Å². The number of hydrogen-bond acceptors (Lipinski definition) is 8. The van der Waals surface area contributed by atoms with E-state index in [-0.39, 0.29) is 51.4 Å². The van der Waals surface area contributed by atoms with Gasteiger partial charge in [0, 0.05) is 32.1 Å². The predicted octanol–water partition coefficient (Wildman–Crippen LogP) is 4.61. The Kier molecular flexibility index (Phi) is 27.1. The number of carboxylic acids is 3. The summed E-state index contributed by atoms with van der Waals surface area (Å²) in [5, 5.41) is 44.4. The van der Waals surface area contributed by atoms with Gasteiger partial charge in [0.2, 0.25) is 23.6 Å². The fourth-order valence-corrected chi connectivity index (χ4v) is 5.51. The van der Waals surface area contributed by atoms with Crippen LogP contribution in [0.1, 0.15) is 154 Å². The second-order valence-electron chi connectivity index (χ2n) is 13.2. The van der Waals surface area contributed by atoms with Crippen LogP contribution in [0.2, 0.25) is 0 Å². The normalized spacial score (nSPS) is 12.6. The number of nitrogens with one attached hydrogen (secondary N) is 3. The molecule has 0 aliphatic carbocycles. The average molecular weight is 727 g/mol. The van der Waals surface area contributed by atoms with Gasteiger partial charge >= 0.3 is 17.9 Å². The summed E-state index contributed by atoms with van der Waals surface area (Å²) in [6, 6.07) is -3.69. The second-order valence-corrected chi connectivity index (χ2v) is 13.2. The highest BCUT2D eigenvalue weighted by Gasteiger charge is 2.24. The molecule has 0 heterocycles. The second kappa shape index (κ2) is 29.5. The lowest BCUT2D eigenvalue weighted by Crippen LogP contribution is -2.43. The number of rotatable bonds is 34. The van der Waals surface area contributed by atoms with Crippen molar-refractivity contribution in [3.8, 4) is 0 Å². The molecule has 15 heteroatoms. The third-order valence-corrected chi connectivity index (χ3v) is 8.55. The Hall–Kier alpha value is -4.17. The molecule has 0 aromatic carbocycles. The number of carboxylic acid groups (broad SMARTS) is 3. The summed E-state index contributed by atoms with van der Waals surface area (Å²) in [6.07, 6.45) is 16.5. The fraction of sp³-hybridized carbons (Fsp3) is 0.750. The molecule has 51 heavy (non-hydrogen) atoms. The lowest BCUT2D eigenvalue weighted by molar-refractivity contribution is -0.142. The minimum absolute atomic E-state index is 0.129. The summed E-state index contributed by atoms with van der Waals surface area (Å²) in [7, 11) is 0. The number of carbonyl (C=O) groups excluding carboxylic acids is 4. The topological polar surface area (TPSA) is 263 Å². The molecule has 0 aromatic rings. The summed E-state index contributed by atoms with van der Waals surface area (Å²) >= 11 is 0. The molecule has 0 rings (SSSR count). The minimum Gasteiger partial charge on any atom is -0.511 e. The Morgan fingerprint density at radius 2 is 0.725 bits per heavy atom. The van der Waals surface area contributed by atoms with Crippen molar-refractivity contribution in [3.05, 3.63) is 12.3 Å². The number of primary amides is 1. The Labute approximate surface area is 301 Å². The molecule has 0 aromatic heterocycles. The summed E-state index contributed by atoms with van der Waals surface area (Å²) in [4.78, 5) is 81.5. The van der Waals surface area contributed by atoms with Gasteiger partial charge in [0.15, 0.2) is 0 Å². The highest BCUT2D eigenvalue weighted by molar-refractivity contribution is 5.85. The monoisotopic (exact) mass is 726 g/mol. The van der Waals surface area contributed by atoms with Gasteiger partial charge in [0.05, 0.1) is 6.04 Å². The Morgan fingerprint density at radius 1 is 0.431 bits per heavy atom. The zero-order chi connectivity index (χ0) is 38.4. The van der Waals surface area contributed by atoms with Crippen LogP contribution in [0.25, 0.3) is 0 Å². The SMILES string of the molecule is C=C(O)[C@H](CCC(=O)N[C@@H](CCC(N)=O)C(=O)O)NC(=O)CC[C@H](NC(=O)CCCCCCCCCCCCCCCCCCC(=O)O)C(=O)O. The van der Waals surface area contributed by atoms with Crippen molar-refractivity contribution in [3.63, 3.8) is 0 Å². The number of aliphatic hydroxyl groups is 1. The molecule has 0 aliphatic heterocycles. The number of aliphatic carboxylic acids is 3. The van der Waals surface area contributed by atoms with E-state index in [1.807, 2.05) is 0 Å². The Morgan fingerprint density at radius 3 is 1.06 bits per heavy atom. The van der Waals surface area contributed by atoms with Gasteiger partial charge < -0.3 is 42.1 Å². The quantitative estimate of drug-likeness (QED) is 0.0335. The lowest BCUT2D eigenvalue weighted by atomic mass is 10.0. The molecule has 9 N–H and O–H groups in total. The van der Waals surface area contributed by atoms with Gasteiger partial charge in [0.1, 0.15) is 17.8 Å². The summed E-state index contributed by atoms with van der Waals surface area (Å²) in [6.45, 7) is 3.38. The molecule has 0 radical (unpaired) electrons. The van der Waals surface area contributed by atoms with Crippen molar-refractivity contribution in [2.45, 2.75) is 172 Å². The maximum Gasteiger partial charge on any atom is 0.326 e. The fourth-order valence-electron chi connectivity index (χ4n) is 5.51. The van der Waals surface area contributed by atoms with E-state index in [2.05, 4.69) is 22.5 Å². The van der Waals surface area contributed by atoms with Crippen molar-refractivity contribution < 1.29 is 54.0 Å². The lowest BCUT2D eigenvalue weighted by Gasteiger charge is -2.19. The molecule has 0 spiro atoms. The molecule has 0 bridgehead atoms. The number of aliphatic hydroxyl groups excluding tert-OH is 1. The molecular weight excluding hydrogens is 664 g/mol. The predicted molar refractivity (Wildman–Crippen MR) is 190 cm³/mol. The van der Waals surface area contributed by atoms with Gasteiger partial charge in [-0.05, 0) is 32.1 Å². The van der Waals surface area contributed by atoms with Crippen LogP contribution in [0, 0.1) is 0 Å². The summed E-state index contributed by atoms with van der Waals surface area (Å²) < 4.78 is 0. The first kappa shape index (κ1) is 46.8. The van der Waals surface area contributed by atoms with Crippen LogP contribution >= 0.6 is 0 Å². The molecule has 292 valence electrons. The number of carbonyl (C=O) groups is 7. The third-order valence-electron chi connectivity index (χ3n) is 8.55. The van der Waals surface area contributed by atoms with Crippen molar-refractivity contribution in [2.24, 2.45) is 5.73 Å². The van der Waals surface area contributed by atoms with E-state index in [9.17, 15) is 48.9 Å². The van der Waals surface area contributed by atoms with Crippen molar-refractivity contribution in [1.82, 2.24) is 16.0 Å². The van der Waals surface area contributed by atoms with E-state index in [1.54, 1.807) is 0 Å². The number of amides is 4. The smallest absolute Gasteiger partial charge is 0.326 e. The molecule has 0 unspecified atom stereocenters. The first-order chi connectivity index (χ1) is 24.2. The number of hydrogen-bond donors (Lipinski definition) is 8. The zero-order valence-electron chi connectivity index (χ0n) is 30.1. The first-order valence-corrected chi connectivity index (χ1v) is 18.4. The molecule has 0 fully saturated rings. The van der Waals surface area contributed by atoms with Gasteiger partial charge in [-0.25, -0.2) is 9.59 Å². The molecule has 3 atom stereocenters. The van der Waals surface area contributed by atoms with Crippen LogP contribution < -0.4 is 21.7 Å². The largest absolute Gasteiger partial charge is 0.511 e. The summed E-state index contributed by atoms with van der Waals surface area (Å²) in [5.74, 6) is -6.28. The molecule has 0 aliphatic rings. The van der Waals surface area contributed by atoms with Crippen LogP contribution in [0.3, 0.4) is 0 Å². The van der Waals surface area contributed by atoms with Crippen LogP contribution in [0.4, 0.5) is 0 Å². The average Bonchev–Trinajstić information content (AvgIpc) is 3.05. The zero-order valence-corrected chi connectivity index (χ0v) is 30.1. The molecule has 15 nitrogen and oxygen atoms in total. The van der Waals surface area contributed by atoms with E-state index in [0.29, 0.717) is 6.42 Å². The Balaban J connectivity index is 4.14. The van der Waals surface area contributed by atoms with E-state index in [4.69, 9.17) is 10.8 Å². The molecular formula is C36H62N4O11. The van der Waals surface area contributed by atoms with Gasteiger partial charge in [-0.3, -0.25) is 24.0 Å². The van der Waals surface area contributed by atoms with Gasteiger partial charge in [0.25, 0.3) is 0 Å². The van der Waals surface area contributed by atoms with Crippen molar-refractivity contribution in [2.75, 3.05) is 0 Å². The van der Waals surface area contributed by atoms with E-state index in [0.717, 1.165) is 44.9 Å². The maximum atomic E-state index is 12.5. The minimum atomic E-state index is -1.35. The van der Waals surface area contributed by atoms with Crippen molar-refractivity contribution >= 4 is 41.5 Å². The van der Waals surface area contributed by atoms with Crippen LogP contribution in [0.5, 0.6) is 0 Å². The van der Waals surface area contributed by atoms with E-state index >= 15 is 0 Å². The first-order valence-electron chi connectivity index (χ1n) is 18.4. The summed E-state index contributed by atoms with van der Waals surface area (Å²) in [5.41, 5.74) is 5.02. The highest BCUT2D eigenvalue weighted by atomic mass is 16.4. The van der Waals surface area contributed by atoms with Gasteiger partial charge in [-0.2, -0.15) is 0 Å². The Bertz CT molecular complexity index is 1100. The highest BCUT2D eigenvalue weighted by Crippen LogP contribution is 2.15.